The molecule has 0 saturated carbocycles. The summed E-state index contributed by atoms with van der Waals surface area (Å²) in [4.78, 5) is 28.3. The molecule has 0 spiro atoms. The van der Waals surface area contributed by atoms with E-state index < -0.39 is 5.97 Å². The smallest absolute Gasteiger partial charge is 0.338 e. The van der Waals surface area contributed by atoms with Crippen molar-refractivity contribution in [2.45, 2.75) is 0 Å². The van der Waals surface area contributed by atoms with Crippen LogP contribution in [0.5, 0.6) is 0 Å². The van der Waals surface area contributed by atoms with E-state index in [1.165, 1.54) is 6.07 Å². The van der Waals surface area contributed by atoms with Gasteiger partial charge in [0.1, 0.15) is 5.82 Å². The number of benzene rings is 3. The Kier molecular flexibility index (Phi) is 6.26. The molecule has 4 rings (SSSR count). The van der Waals surface area contributed by atoms with E-state index in [9.17, 15) is 14.0 Å². The van der Waals surface area contributed by atoms with Crippen molar-refractivity contribution in [2.24, 2.45) is 0 Å². The first kappa shape index (κ1) is 20.6. The fraction of sp³-hybridized carbons (Fsp3) is 0.200. The number of halogens is 1. The van der Waals surface area contributed by atoms with Crippen molar-refractivity contribution >= 4 is 17.6 Å². The number of carbonyl (C=O) groups excluding carboxylic acids is 2. The molecule has 0 bridgehead atoms. The third kappa shape index (κ3) is 4.91. The number of hydrogen-bond donors (Lipinski definition) is 0. The van der Waals surface area contributed by atoms with Gasteiger partial charge in [-0.25, -0.2) is 9.18 Å². The summed E-state index contributed by atoms with van der Waals surface area (Å²) in [7, 11) is 0. The van der Waals surface area contributed by atoms with Gasteiger partial charge in [0.25, 0.3) is 5.91 Å². The van der Waals surface area contributed by atoms with Gasteiger partial charge in [-0.1, -0.05) is 54.6 Å². The number of para-hydroxylation sites is 1. The lowest BCUT2D eigenvalue weighted by molar-refractivity contribution is -0.134. The van der Waals surface area contributed by atoms with Gasteiger partial charge in [-0.2, -0.15) is 0 Å². The number of esters is 1. The number of piperazine rings is 1. The zero-order valence-electron chi connectivity index (χ0n) is 17.0. The Morgan fingerprint density at radius 1 is 0.774 bits per heavy atom. The summed E-state index contributed by atoms with van der Waals surface area (Å²) in [6.07, 6.45) is 0. The van der Waals surface area contributed by atoms with E-state index in [4.69, 9.17) is 4.74 Å². The van der Waals surface area contributed by atoms with Crippen LogP contribution in [0, 0.1) is 5.82 Å². The Labute approximate surface area is 180 Å². The van der Waals surface area contributed by atoms with Crippen LogP contribution in [0.4, 0.5) is 10.1 Å². The molecule has 31 heavy (non-hydrogen) atoms. The van der Waals surface area contributed by atoms with E-state index >= 15 is 0 Å². The van der Waals surface area contributed by atoms with Crippen LogP contribution in [0.1, 0.15) is 10.4 Å². The summed E-state index contributed by atoms with van der Waals surface area (Å²) in [5, 5.41) is 0. The number of rotatable bonds is 5. The van der Waals surface area contributed by atoms with Gasteiger partial charge in [-0.15, -0.1) is 0 Å². The molecule has 3 aromatic rings. The second-order valence-corrected chi connectivity index (χ2v) is 7.34. The molecule has 1 amide bonds. The average Bonchev–Trinajstić information content (AvgIpc) is 2.83. The normalized spacial score (nSPS) is 13.7. The van der Waals surface area contributed by atoms with Crippen molar-refractivity contribution in [3.8, 4) is 11.1 Å². The molecule has 0 N–H and O–H groups in total. The molecular weight excluding hydrogens is 395 g/mol. The average molecular weight is 418 g/mol. The summed E-state index contributed by atoms with van der Waals surface area (Å²) in [5.74, 6) is -1.05. The molecule has 158 valence electrons. The summed E-state index contributed by atoms with van der Waals surface area (Å²) >= 11 is 0. The highest BCUT2D eigenvalue weighted by Gasteiger charge is 2.23. The Balaban J connectivity index is 1.27. The minimum atomic E-state index is -0.530. The number of anilines is 1. The molecular formula is C25H23FN2O3. The predicted octanol–water partition coefficient (Wildman–Crippen LogP) is 4.00. The van der Waals surface area contributed by atoms with Gasteiger partial charge in [0.2, 0.25) is 0 Å². The van der Waals surface area contributed by atoms with Gasteiger partial charge in [0, 0.05) is 26.2 Å². The highest BCUT2D eigenvalue weighted by Crippen LogP contribution is 2.21. The number of ether oxygens (including phenoxy) is 1. The lowest BCUT2D eigenvalue weighted by Gasteiger charge is -2.36. The first-order valence-corrected chi connectivity index (χ1v) is 10.2. The van der Waals surface area contributed by atoms with Crippen molar-refractivity contribution < 1.29 is 18.7 Å². The van der Waals surface area contributed by atoms with Crippen LogP contribution < -0.4 is 4.90 Å². The lowest BCUT2D eigenvalue weighted by Crippen LogP contribution is -2.50. The van der Waals surface area contributed by atoms with E-state index in [1.54, 1.807) is 35.2 Å². The summed E-state index contributed by atoms with van der Waals surface area (Å²) < 4.78 is 19.2. The van der Waals surface area contributed by atoms with Crippen LogP contribution in [0.3, 0.4) is 0 Å². The van der Waals surface area contributed by atoms with E-state index in [1.807, 2.05) is 47.4 Å². The first-order chi connectivity index (χ1) is 15.1. The summed E-state index contributed by atoms with van der Waals surface area (Å²) in [5.41, 5.74) is 3.00. The van der Waals surface area contributed by atoms with Crippen molar-refractivity contribution in [3.05, 3.63) is 90.2 Å². The van der Waals surface area contributed by atoms with Crippen LogP contribution >= 0.6 is 0 Å². The predicted molar refractivity (Wildman–Crippen MR) is 117 cm³/mol. The maximum atomic E-state index is 13.9. The molecule has 3 aromatic carbocycles. The zero-order valence-corrected chi connectivity index (χ0v) is 17.0. The minimum Gasteiger partial charge on any atom is -0.452 e. The molecule has 0 aliphatic carbocycles. The van der Waals surface area contributed by atoms with Crippen molar-refractivity contribution in [1.29, 1.82) is 0 Å². The fourth-order valence-electron chi connectivity index (χ4n) is 3.64. The second-order valence-electron chi connectivity index (χ2n) is 7.34. The standard InChI is InChI=1S/C25H23FN2O3/c26-22-8-4-5-9-23(22)27-14-16-28(17-15-27)24(29)18-31-25(30)21-12-10-20(11-13-21)19-6-2-1-3-7-19/h1-13H,14-18H2. The lowest BCUT2D eigenvalue weighted by atomic mass is 10.0. The first-order valence-electron chi connectivity index (χ1n) is 10.2. The Morgan fingerprint density at radius 2 is 1.39 bits per heavy atom. The van der Waals surface area contributed by atoms with Gasteiger partial charge in [0.05, 0.1) is 11.3 Å². The van der Waals surface area contributed by atoms with Crippen LogP contribution in [0.2, 0.25) is 0 Å². The molecule has 1 heterocycles. The van der Waals surface area contributed by atoms with Gasteiger partial charge >= 0.3 is 5.97 Å². The molecule has 0 radical (unpaired) electrons. The maximum Gasteiger partial charge on any atom is 0.338 e. The van der Waals surface area contributed by atoms with Gasteiger partial charge < -0.3 is 14.5 Å². The number of carbonyl (C=O) groups is 2. The van der Waals surface area contributed by atoms with E-state index in [-0.39, 0.29) is 18.3 Å². The minimum absolute atomic E-state index is 0.248. The van der Waals surface area contributed by atoms with E-state index in [0.29, 0.717) is 37.4 Å². The Morgan fingerprint density at radius 3 is 2.06 bits per heavy atom. The molecule has 0 unspecified atom stereocenters. The van der Waals surface area contributed by atoms with Crippen LogP contribution in [0.25, 0.3) is 11.1 Å². The maximum absolute atomic E-state index is 13.9. The Hall–Kier alpha value is -3.67. The highest BCUT2D eigenvalue weighted by atomic mass is 19.1. The van der Waals surface area contributed by atoms with Crippen molar-refractivity contribution in [3.63, 3.8) is 0 Å². The topological polar surface area (TPSA) is 49.9 Å². The molecule has 1 fully saturated rings. The van der Waals surface area contributed by atoms with E-state index in [0.717, 1.165) is 11.1 Å². The Bertz CT molecular complexity index is 1050. The number of nitrogens with zero attached hydrogens (tertiary/aromatic N) is 2. The SMILES string of the molecule is O=C(OCC(=O)N1CCN(c2ccccc2F)CC1)c1ccc(-c2ccccc2)cc1. The molecule has 1 aliphatic rings. The van der Waals surface area contributed by atoms with Gasteiger partial charge in [0.15, 0.2) is 6.61 Å². The molecule has 1 saturated heterocycles. The highest BCUT2D eigenvalue weighted by molar-refractivity contribution is 5.92. The third-order valence-corrected chi connectivity index (χ3v) is 5.38. The molecule has 6 heteroatoms. The van der Waals surface area contributed by atoms with Gasteiger partial charge in [-0.05, 0) is 35.4 Å². The quantitative estimate of drug-likeness (QED) is 0.588. The molecule has 0 aromatic heterocycles. The summed E-state index contributed by atoms with van der Waals surface area (Å²) in [6, 6.07) is 23.6. The second kappa shape index (κ2) is 9.43. The monoisotopic (exact) mass is 418 g/mol. The number of amides is 1. The third-order valence-electron chi connectivity index (χ3n) is 5.38. The number of hydrogen-bond acceptors (Lipinski definition) is 4. The van der Waals surface area contributed by atoms with Crippen LogP contribution in [0.15, 0.2) is 78.9 Å². The van der Waals surface area contributed by atoms with Crippen molar-refractivity contribution in [2.75, 3.05) is 37.7 Å². The van der Waals surface area contributed by atoms with Crippen molar-refractivity contribution in [1.82, 2.24) is 4.90 Å². The fourth-order valence-corrected chi connectivity index (χ4v) is 3.64. The largest absolute Gasteiger partial charge is 0.452 e. The van der Waals surface area contributed by atoms with E-state index in [2.05, 4.69) is 0 Å². The van der Waals surface area contributed by atoms with Gasteiger partial charge in [-0.3, -0.25) is 4.79 Å². The van der Waals surface area contributed by atoms with Crippen LogP contribution in [-0.4, -0.2) is 49.6 Å². The molecule has 1 aliphatic heterocycles. The van der Waals surface area contributed by atoms with Crippen LogP contribution in [-0.2, 0) is 9.53 Å². The zero-order chi connectivity index (χ0) is 21.6. The molecule has 0 atom stereocenters. The summed E-state index contributed by atoms with van der Waals surface area (Å²) in [6.45, 7) is 1.66. The molecule has 5 nitrogen and oxygen atoms in total.